The molecular weight excluding hydrogens is 304 g/mol. The number of ether oxygens (including phenoxy) is 1. The minimum atomic E-state index is -1.04. The predicted octanol–water partition coefficient (Wildman–Crippen LogP) is 2.00. The number of esters is 1. The third kappa shape index (κ3) is 3.65. The number of fused-ring (bicyclic) bond motifs is 1. The number of hydrogen-bond acceptors (Lipinski definition) is 5. The van der Waals surface area contributed by atoms with Crippen LogP contribution < -0.4 is 11.1 Å². The Bertz CT molecular complexity index is 594. The number of urea groups is 1. The van der Waals surface area contributed by atoms with Gasteiger partial charge in [0.2, 0.25) is 0 Å². The van der Waals surface area contributed by atoms with Gasteiger partial charge in [0.15, 0.2) is 6.10 Å². The fourth-order valence-corrected chi connectivity index (χ4v) is 3.64. The van der Waals surface area contributed by atoms with Gasteiger partial charge in [-0.1, -0.05) is 13.8 Å². The van der Waals surface area contributed by atoms with E-state index in [2.05, 4.69) is 0 Å². The highest BCUT2D eigenvalue weighted by Gasteiger charge is 2.30. The summed E-state index contributed by atoms with van der Waals surface area (Å²) in [6, 6.07) is -0.959. The number of nitrogens with two attached hydrogens (primary N) is 1. The minimum absolute atomic E-state index is 0.266. The van der Waals surface area contributed by atoms with Crippen LogP contribution >= 0.6 is 11.3 Å². The fourth-order valence-electron chi connectivity index (χ4n) is 2.53. The van der Waals surface area contributed by atoms with Crippen LogP contribution in [-0.2, 0) is 22.4 Å². The molecule has 0 fully saturated rings. The van der Waals surface area contributed by atoms with Gasteiger partial charge in [-0.3, -0.25) is 10.1 Å². The molecule has 0 unspecified atom stereocenters. The fraction of sp³-hybridized carbons (Fsp3) is 0.533. The van der Waals surface area contributed by atoms with Crippen molar-refractivity contribution in [1.29, 1.82) is 0 Å². The molecule has 6 nitrogen and oxygen atoms in total. The van der Waals surface area contributed by atoms with Crippen molar-refractivity contribution in [3.05, 3.63) is 21.4 Å². The Morgan fingerprint density at radius 3 is 2.59 bits per heavy atom. The molecule has 120 valence electrons. The Hall–Kier alpha value is -1.89. The Labute approximate surface area is 133 Å². The van der Waals surface area contributed by atoms with Crippen molar-refractivity contribution >= 4 is 29.2 Å². The summed E-state index contributed by atoms with van der Waals surface area (Å²) in [6.45, 7) is 3.48. The van der Waals surface area contributed by atoms with Gasteiger partial charge in [-0.15, -0.1) is 11.3 Å². The highest BCUT2D eigenvalue weighted by Crippen LogP contribution is 2.31. The van der Waals surface area contributed by atoms with Crippen LogP contribution in [0.1, 0.15) is 47.5 Å². The molecule has 3 N–H and O–H groups in total. The lowest BCUT2D eigenvalue weighted by Gasteiger charge is -2.20. The quantitative estimate of drug-likeness (QED) is 0.828. The molecule has 0 aromatic carbocycles. The highest BCUT2D eigenvalue weighted by molar-refractivity contribution is 7.10. The van der Waals surface area contributed by atoms with Crippen molar-refractivity contribution in [3.63, 3.8) is 0 Å². The average Bonchev–Trinajstić information content (AvgIpc) is 2.87. The topological polar surface area (TPSA) is 98.5 Å². The second-order valence-electron chi connectivity index (χ2n) is 5.68. The van der Waals surface area contributed by atoms with Gasteiger partial charge in [0.1, 0.15) is 0 Å². The van der Waals surface area contributed by atoms with Crippen LogP contribution in [0.3, 0.4) is 0 Å². The molecule has 0 saturated heterocycles. The zero-order valence-corrected chi connectivity index (χ0v) is 13.5. The lowest BCUT2D eigenvalue weighted by Crippen LogP contribution is -2.45. The van der Waals surface area contributed by atoms with E-state index >= 15 is 0 Å². The van der Waals surface area contributed by atoms with Crippen molar-refractivity contribution in [2.45, 2.75) is 45.6 Å². The number of carbonyl (C=O) groups excluding carboxylic acids is 3. The number of imide groups is 1. The van der Waals surface area contributed by atoms with E-state index in [1.165, 1.54) is 4.88 Å². The van der Waals surface area contributed by atoms with Gasteiger partial charge < -0.3 is 10.5 Å². The molecular formula is C15H20N2O4S. The van der Waals surface area contributed by atoms with Gasteiger partial charge in [0.25, 0.3) is 5.91 Å². The van der Waals surface area contributed by atoms with Gasteiger partial charge in [0.05, 0.1) is 5.56 Å². The van der Waals surface area contributed by atoms with Crippen LogP contribution in [0.4, 0.5) is 4.79 Å². The zero-order chi connectivity index (χ0) is 16.3. The number of rotatable bonds is 4. The van der Waals surface area contributed by atoms with E-state index in [1.807, 2.05) is 5.32 Å². The average molecular weight is 324 g/mol. The molecule has 1 atom stereocenters. The normalized spacial score (nSPS) is 15.0. The molecule has 1 heterocycles. The minimum Gasteiger partial charge on any atom is -0.448 e. The highest BCUT2D eigenvalue weighted by atomic mass is 32.1. The summed E-state index contributed by atoms with van der Waals surface area (Å²) in [7, 11) is 0. The first-order valence-electron chi connectivity index (χ1n) is 7.30. The number of aryl methyl sites for hydroxylation is 1. The second-order valence-corrected chi connectivity index (χ2v) is 6.65. The van der Waals surface area contributed by atoms with Crippen molar-refractivity contribution in [2.75, 3.05) is 0 Å². The first kappa shape index (κ1) is 16.5. The SMILES string of the molecule is CC(C)[C@@H](OC(=O)c1csc2c1CCCC2)C(=O)NC(N)=O. The third-order valence-corrected chi connectivity index (χ3v) is 4.71. The maximum absolute atomic E-state index is 12.4. The molecule has 0 aliphatic heterocycles. The van der Waals surface area contributed by atoms with Crippen LogP contribution in [-0.4, -0.2) is 24.0 Å². The van der Waals surface area contributed by atoms with Crippen LogP contribution in [0.25, 0.3) is 0 Å². The predicted molar refractivity (Wildman–Crippen MR) is 82.7 cm³/mol. The van der Waals surface area contributed by atoms with E-state index in [-0.39, 0.29) is 5.92 Å². The molecule has 1 aromatic heterocycles. The van der Waals surface area contributed by atoms with E-state index in [1.54, 1.807) is 30.6 Å². The number of thiophene rings is 1. The molecule has 22 heavy (non-hydrogen) atoms. The molecule has 1 aliphatic rings. The Balaban J connectivity index is 2.13. The first-order chi connectivity index (χ1) is 10.4. The Morgan fingerprint density at radius 1 is 1.27 bits per heavy atom. The van der Waals surface area contributed by atoms with E-state index in [4.69, 9.17) is 10.5 Å². The maximum atomic E-state index is 12.4. The second kappa shape index (κ2) is 6.91. The number of primary amides is 1. The van der Waals surface area contributed by atoms with Crippen LogP contribution in [0.5, 0.6) is 0 Å². The van der Waals surface area contributed by atoms with Crippen LogP contribution in [0.15, 0.2) is 5.38 Å². The number of hydrogen-bond donors (Lipinski definition) is 2. The molecule has 0 radical (unpaired) electrons. The third-order valence-electron chi connectivity index (χ3n) is 3.63. The van der Waals surface area contributed by atoms with Crippen molar-refractivity contribution < 1.29 is 19.1 Å². The largest absolute Gasteiger partial charge is 0.448 e. The number of amides is 3. The van der Waals surface area contributed by atoms with Gasteiger partial charge in [0, 0.05) is 10.3 Å². The van der Waals surface area contributed by atoms with Crippen molar-refractivity contribution in [1.82, 2.24) is 5.32 Å². The molecule has 2 rings (SSSR count). The molecule has 0 spiro atoms. The summed E-state index contributed by atoms with van der Waals surface area (Å²) in [5, 5.41) is 3.76. The zero-order valence-electron chi connectivity index (χ0n) is 12.7. The maximum Gasteiger partial charge on any atom is 0.340 e. The van der Waals surface area contributed by atoms with Gasteiger partial charge in [-0.2, -0.15) is 0 Å². The molecule has 3 amide bonds. The van der Waals surface area contributed by atoms with Crippen molar-refractivity contribution in [3.8, 4) is 0 Å². The van der Waals surface area contributed by atoms with Gasteiger partial charge in [-0.05, 0) is 37.2 Å². The summed E-state index contributed by atoms with van der Waals surface area (Å²) in [5.41, 5.74) is 6.52. The molecule has 1 aromatic rings. The van der Waals surface area contributed by atoms with E-state index in [0.29, 0.717) is 5.56 Å². The van der Waals surface area contributed by atoms with Crippen molar-refractivity contribution in [2.24, 2.45) is 11.7 Å². The van der Waals surface area contributed by atoms with E-state index < -0.39 is 24.0 Å². The molecule has 0 saturated carbocycles. The molecule has 7 heteroatoms. The van der Waals surface area contributed by atoms with Crippen LogP contribution in [0, 0.1) is 5.92 Å². The Kier molecular flexibility index (Phi) is 5.18. The summed E-state index contributed by atoms with van der Waals surface area (Å²) < 4.78 is 5.33. The summed E-state index contributed by atoms with van der Waals surface area (Å²) in [4.78, 5) is 36.3. The standard InChI is InChI=1S/C15H20N2O4S/c1-8(2)12(13(18)17-15(16)20)21-14(19)10-7-22-11-6-4-3-5-9(10)11/h7-8,12H,3-6H2,1-2H3,(H3,16,17,18,20)/t12-/m1/s1. The Morgan fingerprint density at radius 2 is 1.95 bits per heavy atom. The molecule has 1 aliphatic carbocycles. The summed E-state index contributed by atoms with van der Waals surface area (Å²) >= 11 is 1.56. The van der Waals surface area contributed by atoms with Crippen LogP contribution in [0.2, 0.25) is 0 Å². The first-order valence-corrected chi connectivity index (χ1v) is 8.18. The van der Waals surface area contributed by atoms with Gasteiger partial charge >= 0.3 is 12.0 Å². The van der Waals surface area contributed by atoms with E-state index in [0.717, 1.165) is 31.2 Å². The number of carbonyl (C=O) groups is 3. The molecule has 0 bridgehead atoms. The van der Waals surface area contributed by atoms with Gasteiger partial charge in [-0.25, -0.2) is 9.59 Å². The number of nitrogens with one attached hydrogen (secondary N) is 1. The lowest BCUT2D eigenvalue weighted by molar-refractivity contribution is -0.130. The summed E-state index contributed by atoms with van der Waals surface area (Å²) in [6.07, 6.45) is 3.00. The monoisotopic (exact) mass is 324 g/mol. The van der Waals surface area contributed by atoms with E-state index in [9.17, 15) is 14.4 Å². The summed E-state index contributed by atoms with van der Waals surface area (Å²) in [5.74, 6) is -1.48. The smallest absolute Gasteiger partial charge is 0.340 e. The lowest BCUT2D eigenvalue weighted by atomic mass is 9.96.